The highest BCUT2D eigenvalue weighted by Crippen LogP contribution is 2.43. The van der Waals surface area contributed by atoms with E-state index < -0.39 is 0 Å². The van der Waals surface area contributed by atoms with Gasteiger partial charge in [0.25, 0.3) is 0 Å². The minimum atomic E-state index is -0.342. The average molecular weight is 340 g/mol. The molecule has 0 radical (unpaired) electrons. The number of nitrogens with zero attached hydrogens (tertiary/aromatic N) is 1. The summed E-state index contributed by atoms with van der Waals surface area (Å²) in [5.41, 5.74) is 0.751. The van der Waals surface area contributed by atoms with Crippen molar-refractivity contribution < 1.29 is 14.0 Å². The highest BCUT2D eigenvalue weighted by molar-refractivity contribution is 9.10. The van der Waals surface area contributed by atoms with E-state index in [4.69, 9.17) is 0 Å². The molecule has 0 N–H and O–H groups in total. The first-order valence-electron chi connectivity index (χ1n) is 6.76. The Bertz CT molecular complexity index is 565. The van der Waals surface area contributed by atoms with E-state index in [1.54, 1.807) is 6.07 Å². The maximum atomic E-state index is 13.1. The molecular formula is C15H15BrFNO2. The number of halogens is 2. The number of benzene rings is 1. The highest BCUT2D eigenvalue weighted by Gasteiger charge is 2.51. The summed E-state index contributed by atoms with van der Waals surface area (Å²) >= 11 is 3.28. The first kappa shape index (κ1) is 13.7. The third-order valence-corrected chi connectivity index (χ3v) is 5.05. The van der Waals surface area contributed by atoms with Crippen LogP contribution in [0.3, 0.4) is 0 Å². The van der Waals surface area contributed by atoms with Gasteiger partial charge in [0, 0.05) is 4.47 Å². The number of imide groups is 1. The molecule has 2 amide bonds. The van der Waals surface area contributed by atoms with Gasteiger partial charge in [-0.15, -0.1) is 0 Å². The van der Waals surface area contributed by atoms with Gasteiger partial charge in [0.15, 0.2) is 0 Å². The van der Waals surface area contributed by atoms with Crippen molar-refractivity contribution in [1.29, 1.82) is 0 Å². The fourth-order valence-corrected chi connectivity index (χ4v) is 3.80. The van der Waals surface area contributed by atoms with Crippen LogP contribution in [-0.4, -0.2) is 16.7 Å². The quantitative estimate of drug-likeness (QED) is 0.776. The minimum Gasteiger partial charge on any atom is -0.278 e. The van der Waals surface area contributed by atoms with Crippen LogP contribution in [0.5, 0.6) is 0 Å². The Morgan fingerprint density at radius 2 is 1.85 bits per heavy atom. The molecule has 5 heteroatoms. The number of hydrogen-bond acceptors (Lipinski definition) is 2. The molecule has 2 atom stereocenters. The molecule has 0 bridgehead atoms. The van der Waals surface area contributed by atoms with Crippen LogP contribution in [-0.2, 0) is 16.1 Å². The Balaban J connectivity index is 1.82. The standard InChI is InChI=1S/C15H15BrFNO2/c1-8-4-11-12(5-8)15(20)18(14(11)19)7-9-2-3-10(17)6-13(9)16/h2-3,6,8,11-12H,4-5,7H2,1H3. The zero-order chi connectivity index (χ0) is 14.4. The van der Waals surface area contributed by atoms with E-state index in [1.165, 1.54) is 17.0 Å². The number of amides is 2. The van der Waals surface area contributed by atoms with Gasteiger partial charge in [-0.3, -0.25) is 14.5 Å². The van der Waals surface area contributed by atoms with Gasteiger partial charge in [0.2, 0.25) is 11.8 Å². The van der Waals surface area contributed by atoms with Crippen LogP contribution < -0.4 is 0 Å². The first-order chi connectivity index (χ1) is 9.47. The lowest BCUT2D eigenvalue weighted by molar-refractivity contribution is -0.141. The lowest BCUT2D eigenvalue weighted by atomic mass is 10.00. The number of carbonyl (C=O) groups is 2. The monoisotopic (exact) mass is 339 g/mol. The minimum absolute atomic E-state index is 0.0689. The van der Waals surface area contributed by atoms with Gasteiger partial charge in [0.05, 0.1) is 18.4 Å². The number of likely N-dealkylation sites (tertiary alicyclic amines) is 1. The van der Waals surface area contributed by atoms with Crippen LogP contribution >= 0.6 is 15.9 Å². The molecule has 3 nitrogen and oxygen atoms in total. The summed E-state index contributed by atoms with van der Waals surface area (Å²) in [6.07, 6.45) is 1.60. The summed E-state index contributed by atoms with van der Waals surface area (Å²) in [5, 5.41) is 0. The van der Waals surface area contributed by atoms with Crippen molar-refractivity contribution in [3.05, 3.63) is 34.1 Å². The van der Waals surface area contributed by atoms with Crippen LogP contribution in [0.1, 0.15) is 25.3 Å². The van der Waals surface area contributed by atoms with Crippen LogP contribution in [0.15, 0.2) is 22.7 Å². The van der Waals surface area contributed by atoms with Gasteiger partial charge < -0.3 is 0 Å². The van der Waals surface area contributed by atoms with E-state index in [0.717, 1.165) is 18.4 Å². The summed E-state index contributed by atoms with van der Waals surface area (Å²) in [5.74, 6) is -0.322. The zero-order valence-electron chi connectivity index (χ0n) is 11.1. The van der Waals surface area contributed by atoms with E-state index in [0.29, 0.717) is 10.4 Å². The van der Waals surface area contributed by atoms with Gasteiger partial charge in [-0.05, 0) is 36.5 Å². The smallest absolute Gasteiger partial charge is 0.233 e. The number of hydrogen-bond donors (Lipinski definition) is 0. The van der Waals surface area contributed by atoms with Crippen molar-refractivity contribution in [1.82, 2.24) is 4.90 Å². The van der Waals surface area contributed by atoms with Crippen molar-refractivity contribution in [3.8, 4) is 0 Å². The molecule has 1 aliphatic heterocycles. The van der Waals surface area contributed by atoms with Crippen LogP contribution in [0.4, 0.5) is 4.39 Å². The Hall–Kier alpha value is -1.23. The second-order valence-electron chi connectivity index (χ2n) is 5.79. The van der Waals surface area contributed by atoms with Crippen molar-refractivity contribution in [2.75, 3.05) is 0 Å². The second kappa shape index (κ2) is 4.95. The molecule has 0 aromatic heterocycles. The summed E-state index contributed by atoms with van der Waals surface area (Å²) in [6, 6.07) is 4.30. The van der Waals surface area contributed by atoms with Crippen molar-refractivity contribution in [2.45, 2.75) is 26.3 Å². The molecule has 1 aromatic rings. The van der Waals surface area contributed by atoms with E-state index in [2.05, 4.69) is 22.9 Å². The number of rotatable bonds is 2. The molecule has 20 heavy (non-hydrogen) atoms. The Morgan fingerprint density at radius 3 is 2.40 bits per heavy atom. The third-order valence-electron chi connectivity index (χ3n) is 4.31. The Labute approximate surface area is 125 Å². The van der Waals surface area contributed by atoms with Gasteiger partial charge in [-0.2, -0.15) is 0 Å². The van der Waals surface area contributed by atoms with E-state index in [-0.39, 0.29) is 36.0 Å². The van der Waals surface area contributed by atoms with Crippen molar-refractivity contribution in [2.24, 2.45) is 17.8 Å². The predicted octanol–water partition coefficient (Wildman–Crippen LogP) is 3.12. The van der Waals surface area contributed by atoms with Crippen LogP contribution in [0, 0.1) is 23.6 Å². The number of carbonyl (C=O) groups excluding carboxylic acids is 2. The molecule has 1 aromatic carbocycles. The third kappa shape index (κ3) is 2.18. The number of fused-ring (bicyclic) bond motifs is 1. The van der Waals surface area contributed by atoms with Crippen molar-refractivity contribution >= 4 is 27.7 Å². The molecule has 1 heterocycles. The van der Waals surface area contributed by atoms with Gasteiger partial charge in [-0.25, -0.2) is 4.39 Å². The lowest BCUT2D eigenvalue weighted by Gasteiger charge is -2.17. The van der Waals surface area contributed by atoms with E-state index >= 15 is 0 Å². The molecule has 3 rings (SSSR count). The maximum absolute atomic E-state index is 13.1. The topological polar surface area (TPSA) is 37.4 Å². The SMILES string of the molecule is CC1CC2C(=O)N(Cc3ccc(F)cc3Br)C(=O)C2C1. The second-order valence-corrected chi connectivity index (χ2v) is 6.64. The molecule has 1 saturated heterocycles. The fourth-order valence-electron chi connectivity index (χ4n) is 3.32. The van der Waals surface area contributed by atoms with E-state index in [9.17, 15) is 14.0 Å². The molecule has 1 saturated carbocycles. The van der Waals surface area contributed by atoms with Crippen LogP contribution in [0.25, 0.3) is 0 Å². The largest absolute Gasteiger partial charge is 0.278 e. The van der Waals surface area contributed by atoms with Crippen molar-refractivity contribution in [3.63, 3.8) is 0 Å². The average Bonchev–Trinajstić information content (AvgIpc) is 2.86. The summed E-state index contributed by atoms with van der Waals surface area (Å²) in [4.78, 5) is 26.0. The fraction of sp³-hybridized carbons (Fsp3) is 0.467. The van der Waals surface area contributed by atoms with Gasteiger partial charge >= 0.3 is 0 Å². The summed E-state index contributed by atoms with van der Waals surface area (Å²) < 4.78 is 13.7. The first-order valence-corrected chi connectivity index (χ1v) is 7.56. The zero-order valence-corrected chi connectivity index (χ0v) is 12.7. The Morgan fingerprint density at radius 1 is 1.25 bits per heavy atom. The Kier molecular flexibility index (Phi) is 3.40. The molecule has 2 unspecified atom stereocenters. The lowest BCUT2D eigenvalue weighted by Crippen LogP contribution is -2.31. The molecule has 2 fully saturated rings. The molecule has 2 aliphatic rings. The molecule has 0 spiro atoms. The molecule has 106 valence electrons. The molecule has 1 aliphatic carbocycles. The van der Waals surface area contributed by atoms with Crippen LogP contribution in [0.2, 0.25) is 0 Å². The molecular weight excluding hydrogens is 325 g/mol. The maximum Gasteiger partial charge on any atom is 0.233 e. The summed E-state index contributed by atoms with van der Waals surface area (Å²) in [6.45, 7) is 2.31. The predicted molar refractivity (Wildman–Crippen MR) is 75.0 cm³/mol. The van der Waals surface area contributed by atoms with Gasteiger partial charge in [-0.1, -0.05) is 28.9 Å². The van der Waals surface area contributed by atoms with Gasteiger partial charge in [0.1, 0.15) is 5.82 Å². The summed E-state index contributed by atoms with van der Waals surface area (Å²) in [7, 11) is 0. The van der Waals surface area contributed by atoms with E-state index in [1.807, 2.05) is 0 Å². The highest BCUT2D eigenvalue weighted by atomic mass is 79.9. The normalized spacial score (nSPS) is 29.1.